The number of hydrogen-bond acceptors (Lipinski definition) is 3. The van der Waals surface area contributed by atoms with Gasteiger partial charge in [-0.25, -0.2) is 4.79 Å². The van der Waals surface area contributed by atoms with Crippen molar-refractivity contribution in [2.75, 3.05) is 13.1 Å². The molecular formula is C9H17N3O4. The van der Waals surface area contributed by atoms with Crippen molar-refractivity contribution in [2.45, 2.75) is 25.7 Å². The van der Waals surface area contributed by atoms with Gasteiger partial charge in [0.2, 0.25) is 5.91 Å². The van der Waals surface area contributed by atoms with E-state index in [2.05, 4.69) is 10.6 Å². The molecule has 0 saturated carbocycles. The van der Waals surface area contributed by atoms with E-state index in [-0.39, 0.29) is 25.4 Å². The van der Waals surface area contributed by atoms with Gasteiger partial charge in [0.25, 0.3) is 0 Å². The quantitative estimate of drug-likeness (QED) is 0.417. The molecule has 0 aromatic rings. The molecule has 0 bridgehead atoms. The number of primary amides is 1. The fraction of sp³-hybridized carbons (Fsp3) is 0.667. The molecule has 0 aliphatic carbocycles. The van der Waals surface area contributed by atoms with Gasteiger partial charge in [0.05, 0.1) is 0 Å². The molecular weight excluding hydrogens is 214 g/mol. The number of unbranched alkanes of at least 4 members (excludes halogenated alkanes) is 1. The summed E-state index contributed by atoms with van der Waals surface area (Å²) in [5.41, 5.74) is 4.88. The van der Waals surface area contributed by atoms with Crippen LogP contribution in [0.25, 0.3) is 0 Å². The number of hydrogen-bond donors (Lipinski definition) is 4. The summed E-state index contributed by atoms with van der Waals surface area (Å²) in [7, 11) is 0. The third kappa shape index (κ3) is 10.3. The van der Waals surface area contributed by atoms with Gasteiger partial charge in [-0.1, -0.05) is 0 Å². The van der Waals surface area contributed by atoms with Crippen LogP contribution in [0.15, 0.2) is 0 Å². The van der Waals surface area contributed by atoms with Crippen molar-refractivity contribution in [2.24, 2.45) is 5.73 Å². The Morgan fingerprint density at radius 2 is 1.62 bits per heavy atom. The zero-order valence-corrected chi connectivity index (χ0v) is 8.99. The molecule has 3 amide bonds. The standard InChI is InChI=1S/C9H17N3O4/c10-7(13)4-6-12-9(16)11-5-2-1-3-8(14)15/h1-6H2,(H2,10,13)(H,14,15)(H2,11,12,16). The lowest BCUT2D eigenvalue weighted by Gasteiger charge is -2.05. The molecule has 92 valence electrons. The van der Waals surface area contributed by atoms with Crippen LogP contribution in [0.5, 0.6) is 0 Å². The predicted octanol–water partition coefficient (Wildman–Crippen LogP) is -0.584. The van der Waals surface area contributed by atoms with E-state index in [1.54, 1.807) is 0 Å². The Kier molecular flexibility index (Phi) is 7.56. The summed E-state index contributed by atoms with van der Waals surface area (Å²) >= 11 is 0. The van der Waals surface area contributed by atoms with E-state index in [0.717, 1.165) is 0 Å². The maximum atomic E-state index is 11.0. The molecule has 0 saturated heterocycles. The fourth-order valence-electron chi connectivity index (χ4n) is 0.965. The Balaban J connectivity index is 3.30. The summed E-state index contributed by atoms with van der Waals surface area (Å²) in [5.74, 6) is -1.31. The minimum Gasteiger partial charge on any atom is -0.481 e. The van der Waals surface area contributed by atoms with Crippen LogP contribution in [0.3, 0.4) is 0 Å². The molecule has 0 atom stereocenters. The minimum atomic E-state index is -0.842. The Labute approximate surface area is 93.4 Å². The van der Waals surface area contributed by atoms with Crippen molar-refractivity contribution in [1.29, 1.82) is 0 Å². The third-order valence-electron chi connectivity index (χ3n) is 1.76. The van der Waals surface area contributed by atoms with Gasteiger partial charge in [0.1, 0.15) is 0 Å². The van der Waals surface area contributed by atoms with Crippen molar-refractivity contribution in [3.63, 3.8) is 0 Å². The number of rotatable bonds is 8. The van der Waals surface area contributed by atoms with Crippen LogP contribution >= 0.6 is 0 Å². The second kappa shape index (κ2) is 8.51. The van der Waals surface area contributed by atoms with Gasteiger partial charge in [0, 0.05) is 25.9 Å². The summed E-state index contributed by atoms with van der Waals surface area (Å²) in [5, 5.41) is 13.3. The first-order valence-corrected chi connectivity index (χ1v) is 5.04. The molecule has 0 aromatic carbocycles. The molecule has 0 aromatic heterocycles. The molecule has 0 rings (SSSR count). The SMILES string of the molecule is NC(=O)CCNC(=O)NCCCCC(=O)O. The molecule has 0 aliphatic rings. The first-order valence-electron chi connectivity index (χ1n) is 5.04. The van der Waals surface area contributed by atoms with Crippen molar-refractivity contribution >= 4 is 17.9 Å². The number of nitrogens with two attached hydrogens (primary N) is 1. The van der Waals surface area contributed by atoms with E-state index in [9.17, 15) is 14.4 Å². The lowest BCUT2D eigenvalue weighted by Crippen LogP contribution is -2.37. The normalized spacial score (nSPS) is 9.50. The Bertz CT molecular complexity index is 255. The van der Waals surface area contributed by atoms with Crippen molar-refractivity contribution < 1.29 is 19.5 Å². The molecule has 0 unspecified atom stereocenters. The number of carbonyl (C=O) groups excluding carboxylic acids is 2. The van der Waals surface area contributed by atoms with Crippen LogP contribution in [0.1, 0.15) is 25.7 Å². The van der Waals surface area contributed by atoms with Gasteiger partial charge in [-0.05, 0) is 12.8 Å². The largest absolute Gasteiger partial charge is 0.481 e. The lowest BCUT2D eigenvalue weighted by atomic mass is 10.2. The van der Waals surface area contributed by atoms with E-state index in [4.69, 9.17) is 10.8 Å². The van der Waals surface area contributed by atoms with E-state index < -0.39 is 11.9 Å². The van der Waals surface area contributed by atoms with Crippen molar-refractivity contribution in [3.8, 4) is 0 Å². The molecule has 0 fully saturated rings. The van der Waals surface area contributed by atoms with E-state index in [0.29, 0.717) is 19.4 Å². The number of carbonyl (C=O) groups is 3. The number of urea groups is 1. The van der Waals surface area contributed by atoms with Crippen molar-refractivity contribution in [3.05, 3.63) is 0 Å². The second-order valence-corrected chi connectivity index (χ2v) is 3.25. The first kappa shape index (κ1) is 14.2. The molecule has 0 heterocycles. The Morgan fingerprint density at radius 1 is 1.00 bits per heavy atom. The molecule has 0 spiro atoms. The zero-order chi connectivity index (χ0) is 12.4. The average Bonchev–Trinajstić information content (AvgIpc) is 2.16. The number of amides is 3. The van der Waals surface area contributed by atoms with Gasteiger partial charge in [-0.2, -0.15) is 0 Å². The predicted molar refractivity (Wildman–Crippen MR) is 56.7 cm³/mol. The number of carboxylic acid groups (broad SMARTS) is 1. The van der Waals surface area contributed by atoms with Gasteiger partial charge in [-0.3, -0.25) is 9.59 Å². The van der Waals surface area contributed by atoms with Crippen LogP contribution in [0.4, 0.5) is 4.79 Å². The topological polar surface area (TPSA) is 122 Å². The molecule has 0 aliphatic heterocycles. The fourth-order valence-corrected chi connectivity index (χ4v) is 0.965. The smallest absolute Gasteiger partial charge is 0.314 e. The van der Waals surface area contributed by atoms with Crippen LogP contribution in [0.2, 0.25) is 0 Å². The molecule has 7 heteroatoms. The second-order valence-electron chi connectivity index (χ2n) is 3.25. The minimum absolute atomic E-state index is 0.102. The average molecular weight is 231 g/mol. The highest BCUT2D eigenvalue weighted by molar-refractivity contribution is 5.76. The van der Waals surface area contributed by atoms with Crippen LogP contribution < -0.4 is 16.4 Å². The Morgan fingerprint density at radius 3 is 2.19 bits per heavy atom. The molecule has 16 heavy (non-hydrogen) atoms. The summed E-state index contributed by atoms with van der Waals surface area (Å²) in [6.45, 7) is 0.617. The van der Waals surface area contributed by atoms with Gasteiger partial charge < -0.3 is 21.5 Å². The van der Waals surface area contributed by atoms with Gasteiger partial charge >= 0.3 is 12.0 Å². The van der Waals surface area contributed by atoms with E-state index in [1.165, 1.54) is 0 Å². The Hall–Kier alpha value is -1.79. The monoisotopic (exact) mass is 231 g/mol. The van der Waals surface area contributed by atoms with Gasteiger partial charge in [-0.15, -0.1) is 0 Å². The van der Waals surface area contributed by atoms with Crippen molar-refractivity contribution in [1.82, 2.24) is 10.6 Å². The first-order chi connectivity index (χ1) is 7.52. The molecule has 5 N–H and O–H groups in total. The molecule has 7 nitrogen and oxygen atoms in total. The number of aliphatic carboxylic acids is 1. The third-order valence-corrected chi connectivity index (χ3v) is 1.76. The summed E-state index contributed by atoms with van der Waals surface area (Å²) in [6.07, 6.45) is 1.34. The lowest BCUT2D eigenvalue weighted by molar-refractivity contribution is -0.137. The zero-order valence-electron chi connectivity index (χ0n) is 8.99. The molecule has 0 radical (unpaired) electrons. The maximum absolute atomic E-state index is 11.0. The summed E-state index contributed by atoms with van der Waals surface area (Å²) in [4.78, 5) is 31.5. The maximum Gasteiger partial charge on any atom is 0.314 e. The summed E-state index contributed by atoms with van der Waals surface area (Å²) in [6, 6.07) is -0.378. The van der Waals surface area contributed by atoms with Crippen LogP contribution in [0, 0.1) is 0 Å². The summed E-state index contributed by atoms with van der Waals surface area (Å²) < 4.78 is 0. The van der Waals surface area contributed by atoms with Crippen LogP contribution in [-0.2, 0) is 9.59 Å². The highest BCUT2D eigenvalue weighted by Gasteiger charge is 2.01. The number of carboxylic acids is 1. The highest BCUT2D eigenvalue weighted by Crippen LogP contribution is 1.92. The number of nitrogens with one attached hydrogen (secondary N) is 2. The van der Waals surface area contributed by atoms with Crippen LogP contribution in [-0.4, -0.2) is 36.1 Å². The van der Waals surface area contributed by atoms with Gasteiger partial charge in [0.15, 0.2) is 0 Å². The van der Waals surface area contributed by atoms with E-state index in [1.807, 2.05) is 0 Å². The van der Waals surface area contributed by atoms with E-state index >= 15 is 0 Å². The highest BCUT2D eigenvalue weighted by atomic mass is 16.4.